The summed E-state index contributed by atoms with van der Waals surface area (Å²) < 4.78 is 0. The monoisotopic (exact) mass is 301 g/mol. The quantitative estimate of drug-likeness (QED) is 0.294. The zero-order chi connectivity index (χ0) is 15.7. The third-order valence-corrected chi connectivity index (χ3v) is 4.48. The van der Waals surface area contributed by atoms with Crippen molar-refractivity contribution in [2.75, 3.05) is 0 Å². The Hall–Kier alpha value is -0.780. The van der Waals surface area contributed by atoms with Gasteiger partial charge in [0.25, 0.3) is 0 Å². The molecule has 0 saturated heterocycles. The Morgan fingerprint density at radius 2 is 1.14 bits per heavy atom. The zero-order valence-corrected chi connectivity index (χ0v) is 14.9. The molecule has 0 heterocycles. The van der Waals surface area contributed by atoms with Crippen molar-refractivity contribution in [1.29, 1.82) is 0 Å². The molecule has 1 aromatic rings. The molecule has 0 heteroatoms. The van der Waals surface area contributed by atoms with Crippen molar-refractivity contribution in [1.82, 2.24) is 0 Å². The average Bonchev–Trinajstić information content (AvgIpc) is 2.56. The lowest BCUT2D eigenvalue weighted by atomic mass is 10.0. The van der Waals surface area contributed by atoms with E-state index < -0.39 is 0 Å². The molecular formula is C22H37. The molecule has 0 aliphatic carbocycles. The summed E-state index contributed by atoms with van der Waals surface area (Å²) in [6.07, 6.45) is 22.1. The summed E-state index contributed by atoms with van der Waals surface area (Å²) in [5.74, 6) is 0. The van der Waals surface area contributed by atoms with Crippen LogP contribution < -0.4 is 0 Å². The van der Waals surface area contributed by atoms with E-state index in [1.54, 1.807) is 0 Å². The Balaban J connectivity index is 1.73. The summed E-state index contributed by atoms with van der Waals surface area (Å²) in [4.78, 5) is 0. The van der Waals surface area contributed by atoms with E-state index in [4.69, 9.17) is 0 Å². The third-order valence-electron chi connectivity index (χ3n) is 4.48. The highest BCUT2D eigenvalue weighted by molar-refractivity contribution is 5.16. The van der Waals surface area contributed by atoms with Crippen LogP contribution in [0, 0.1) is 6.42 Å². The van der Waals surface area contributed by atoms with Crippen LogP contribution in [0.25, 0.3) is 0 Å². The van der Waals surface area contributed by atoms with E-state index in [0.717, 1.165) is 6.42 Å². The highest BCUT2D eigenvalue weighted by atomic mass is 14.0. The van der Waals surface area contributed by atoms with Crippen LogP contribution in [-0.2, 0) is 6.42 Å². The summed E-state index contributed by atoms with van der Waals surface area (Å²) in [5.41, 5.74) is 1.45. The second-order valence-corrected chi connectivity index (χ2v) is 6.66. The van der Waals surface area contributed by atoms with Gasteiger partial charge in [0, 0.05) is 0 Å². The molecule has 22 heavy (non-hydrogen) atoms. The fourth-order valence-corrected chi connectivity index (χ4v) is 3.01. The largest absolute Gasteiger partial charge is 0.0654 e. The Morgan fingerprint density at radius 1 is 0.636 bits per heavy atom. The standard InChI is InChI=1S/C22H37/c1-2-3-4-5-6-7-8-9-10-11-12-13-14-16-19-22-20-17-15-18-21-22/h15-18,20-21H,2-14,19H2,1H3. The molecule has 125 valence electrons. The zero-order valence-electron chi connectivity index (χ0n) is 14.9. The maximum absolute atomic E-state index is 2.45. The van der Waals surface area contributed by atoms with E-state index in [2.05, 4.69) is 43.7 Å². The minimum absolute atomic E-state index is 1.14. The number of rotatable bonds is 15. The van der Waals surface area contributed by atoms with E-state index >= 15 is 0 Å². The second kappa shape index (κ2) is 15.1. The van der Waals surface area contributed by atoms with Crippen LogP contribution in [-0.4, -0.2) is 0 Å². The van der Waals surface area contributed by atoms with Crippen LogP contribution in [0.2, 0.25) is 0 Å². The molecule has 0 aromatic heterocycles. The van der Waals surface area contributed by atoms with Crippen molar-refractivity contribution in [2.24, 2.45) is 0 Å². The fourth-order valence-electron chi connectivity index (χ4n) is 3.01. The predicted molar refractivity (Wildman–Crippen MR) is 100 cm³/mol. The molecule has 0 atom stereocenters. The van der Waals surface area contributed by atoms with Crippen molar-refractivity contribution >= 4 is 0 Å². The lowest BCUT2D eigenvalue weighted by molar-refractivity contribution is 0.543. The molecule has 0 amide bonds. The van der Waals surface area contributed by atoms with E-state index in [0.29, 0.717) is 0 Å². The van der Waals surface area contributed by atoms with E-state index in [1.165, 1.54) is 89.0 Å². The van der Waals surface area contributed by atoms with Crippen molar-refractivity contribution in [2.45, 2.75) is 96.8 Å². The number of unbranched alkanes of at least 4 members (excludes halogenated alkanes) is 13. The van der Waals surface area contributed by atoms with Crippen molar-refractivity contribution in [3.05, 3.63) is 42.3 Å². The van der Waals surface area contributed by atoms with Crippen LogP contribution in [0.15, 0.2) is 30.3 Å². The molecule has 1 rings (SSSR count). The summed E-state index contributed by atoms with van der Waals surface area (Å²) in [6, 6.07) is 10.8. The normalized spacial score (nSPS) is 11.0. The van der Waals surface area contributed by atoms with Gasteiger partial charge < -0.3 is 0 Å². The Kier molecular flexibility index (Phi) is 13.2. The fraction of sp³-hybridized carbons (Fsp3) is 0.682. The molecule has 0 saturated carbocycles. The van der Waals surface area contributed by atoms with E-state index in [1.807, 2.05) is 0 Å². The van der Waals surface area contributed by atoms with Gasteiger partial charge in [-0.2, -0.15) is 0 Å². The Morgan fingerprint density at radius 3 is 1.68 bits per heavy atom. The number of benzene rings is 1. The minimum atomic E-state index is 1.14. The van der Waals surface area contributed by atoms with Crippen molar-refractivity contribution in [3.8, 4) is 0 Å². The molecule has 0 fully saturated rings. The van der Waals surface area contributed by atoms with E-state index in [9.17, 15) is 0 Å². The SMILES string of the molecule is CCCCCCCCCCCCCC[CH]Cc1ccccc1. The summed E-state index contributed by atoms with van der Waals surface area (Å²) in [6.45, 7) is 2.29. The first-order valence-electron chi connectivity index (χ1n) is 9.79. The highest BCUT2D eigenvalue weighted by Crippen LogP contribution is 2.13. The Labute approximate surface area is 139 Å². The topological polar surface area (TPSA) is 0 Å². The van der Waals surface area contributed by atoms with E-state index in [-0.39, 0.29) is 0 Å². The predicted octanol–water partition coefficient (Wildman–Crippen LogP) is 7.52. The molecule has 1 radical (unpaired) electrons. The molecular weight excluding hydrogens is 264 g/mol. The lowest BCUT2D eigenvalue weighted by Crippen LogP contribution is -1.87. The van der Waals surface area contributed by atoms with Gasteiger partial charge in [-0.25, -0.2) is 0 Å². The molecule has 0 bridgehead atoms. The van der Waals surface area contributed by atoms with Gasteiger partial charge in [-0.3, -0.25) is 0 Å². The minimum Gasteiger partial charge on any atom is -0.0654 e. The van der Waals surface area contributed by atoms with Crippen molar-refractivity contribution in [3.63, 3.8) is 0 Å². The van der Waals surface area contributed by atoms with Gasteiger partial charge in [-0.15, -0.1) is 0 Å². The summed E-state index contributed by atoms with van der Waals surface area (Å²) >= 11 is 0. The molecule has 0 N–H and O–H groups in total. The number of hydrogen-bond donors (Lipinski definition) is 0. The smallest absolute Gasteiger partial charge is 0.0248 e. The summed E-state index contributed by atoms with van der Waals surface area (Å²) in [7, 11) is 0. The molecule has 0 nitrogen and oxygen atoms in total. The first-order chi connectivity index (χ1) is 10.9. The van der Waals surface area contributed by atoms with Gasteiger partial charge in [0.1, 0.15) is 0 Å². The Bertz CT molecular complexity index is 314. The van der Waals surface area contributed by atoms with Crippen LogP contribution in [0.1, 0.15) is 96.0 Å². The third kappa shape index (κ3) is 11.8. The summed E-state index contributed by atoms with van der Waals surface area (Å²) in [5, 5.41) is 0. The van der Waals surface area contributed by atoms with Gasteiger partial charge in [0.05, 0.1) is 0 Å². The van der Waals surface area contributed by atoms with Crippen molar-refractivity contribution < 1.29 is 0 Å². The van der Waals surface area contributed by atoms with Gasteiger partial charge in [-0.05, 0) is 24.8 Å². The van der Waals surface area contributed by atoms with Crippen LogP contribution >= 0.6 is 0 Å². The molecule has 0 spiro atoms. The van der Waals surface area contributed by atoms with Gasteiger partial charge in [-0.1, -0.05) is 114 Å². The average molecular weight is 302 g/mol. The van der Waals surface area contributed by atoms with Gasteiger partial charge in [0.15, 0.2) is 0 Å². The first-order valence-corrected chi connectivity index (χ1v) is 9.79. The molecule has 0 aliphatic heterocycles. The lowest BCUT2D eigenvalue weighted by Gasteiger charge is -2.03. The van der Waals surface area contributed by atoms with Crippen LogP contribution in [0.5, 0.6) is 0 Å². The maximum atomic E-state index is 2.45. The maximum Gasteiger partial charge on any atom is -0.0248 e. The van der Waals surface area contributed by atoms with Gasteiger partial charge >= 0.3 is 0 Å². The number of hydrogen-bond acceptors (Lipinski definition) is 0. The highest BCUT2D eigenvalue weighted by Gasteiger charge is 1.95. The molecule has 0 unspecified atom stereocenters. The van der Waals surface area contributed by atoms with Crippen LogP contribution in [0.3, 0.4) is 0 Å². The second-order valence-electron chi connectivity index (χ2n) is 6.66. The van der Waals surface area contributed by atoms with Crippen LogP contribution in [0.4, 0.5) is 0 Å². The molecule has 1 aromatic carbocycles. The first kappa shape index (κ1) is 19.3. The molecule has 0 aliphatic rings. The van der Waals surface area contributed by atoms with Gasteiger partial charge in [0.2, 0.25) is 0 Å².